The van der Waals surface area contributed by atoms with Crippen molar-refractivity contribution in [2.45, 2.75) is 11.6 Å². The fraction of sp³-hybridized carbons (Fsp3) is 0.154. The molecule has 0 aliphatic carbocycles. The summed E-state index contributed by atoms with van der Waals surface area (Å²) in [4.78, 5) is 4.22. The SMILES string of the molecule is O=S(=O)(NCc1sccc1C#CCO)c1ncccc1F. The molecule has 2 aromatic heterocycles. The van der Waals surface area contributed by atoms with Gasteiger partial charge in [0, 0.05) is 23.2 Å². The van der Waals surface area contributed by atoms with Crippen molar-refractivity contribution >= 4 is 21.4 Å². The summed E-state index contributed by atoms with van der Waals surface area (Å²) >= 11 is 1.31. The molecule has 0 spiro atoms. The number of halogens is 1. The molecule has 0 saturated carbocycles. The number of nitrogens with one attached hydrogen (secondary N) is 1. The van der Waals surface area contributed by atoms with Gasteiger partial charge in [-0.05, 0) is 23.6 Å². The lowest BCUT2D eigenvalue weighted by Gasteiger charge is -2.06. The Hall–Kier alpha value is -1.79. The molecule has 110 valence electrons. The second kappa shape index (κ2) is 6.78. The Morgan fingerprint density at radius 3 is 2.95 bits per heavy atom. The Kier molecular flexibility index (Phi) is 5.03. The number of hydrogen-bond acceptors (Lipinski definition) is 5. The van der Waals surface area contributed by atoms with E-state index in [0.717, 1.165) is 6.07 Å². The van der Waals surface area contributed by atoms with Crippen LogP contribution in [0.5, 0.6) is 0 Å². The molecule has 0 bridgehead atoms. The summed E-state index contributed by atoms with van der Waals surface area (Å²) in [5.74, 6) is 4.30. The summed E-state index contributed by atoms with van der Waals surface area (Å²) in [7, 11) is -4.03. The number of hydrogen-bond donors (Lipinski definition) is 2. The predicted molar refractivity (Wildman–Crippen MR) is 76.5 cm³/mol. The molecule has 0 aliphatic rings. The summed E-state index contributed by atoms with van der Waals surface area (Å²) in [6.45, 7) is -0.300. The fourth-order valence-corrected chi connectivity index (χ4v) is 3.38. The average molecular weight is 326 g/mol. The molecule has 2 heterocycles. The van der Waals surface area contributed by atoms with Crippen LogP contribution in [0.2, 0.25) is 0 Å². The van der Waals surface area contributed by atoms with Crippen LogP contribution in [0.1, 0.15) is 10.4 Å². The van der Waals surface area contributed by atoms with Crippen LogP contribution >= 0.6 is 11.3 Å². The van der Waals surface area contributed by atoms with Crippen molar-refractivity contribution in [1.29, 1.82) is 0 Å². The molecule has 0 amide bonds. The Morgan fingerprint density at radius 2 is 2.24 bits per heavy atom. The maximum atomic E-state index is 13.5. The number of sulfonamides is 1. The van der Waals surface area contributed by atoms with E-state index in [1.807, 2.05) is 0 Å². The molecule has 0 fully saturated rings. The van der Waals surface area contributed by atoms with Crippen molar-refractivity contribution in [3.05, 3.63) is 46.0 Å². The van der Waals surface area contributed by atoms with E-state index in [-0.39, 0.29) is 13.2 Å². The smallest absolute Gasteiger partial charge is 0.261 e. The molecule has 0 aromatic carbocycles. The van der Waals surface area contributed by atoms with Crippen LogP contribution in [0.15, 0.2) is 34.8 Å². The molecule has 2 aromatic rings. The van der Waals surface area contributed by atoms with Crippen molar-refractivity contribution in [3.8, 4) is 11.8 Å². The highest BCUT2D eigenvalue weighted by molar-refractivity contribution is 7.89. The lowest BCUT2D eigenvalue weighted by Crippen LogP contribution is -2.25. The maximum Gasteiger partial charge on any atom is 0.261 e. The zero-order chi connectivity index (χ0) is 15.3. The Balaban J connectivity index is 2.17. The first-order chi connectivity index (χ1) is 10.0. The second-order valence-electron chi connectivity index (χ2n) is 3.83. The Morgan fingerprint density at radius 1 is 1.43 bits per heavy atom. The third-order valence-corrected chi connectivity index (χ3v) is 4.70. The van der Waals surface area contributed by atoms with E-state index in [2.05, 4.69) is 21.5 Å². The molecule has 2 N–H and O–H groups in total. The summed E-state index contributed by atoms with van der Waals surface area (Å²) < 4.78 is 39.7. The van der Waals surface area contributed by atoms with E-state index in [1.54, 1.807) is 11.4 Å². The number of rotatable bonds is 4. The monoisotopic (exact) mass is 326 g/mol. The van der Waals surface area contributed by atoms with E-state index in [9.17, 15) is 12.8 Å². The molecule has 8 heteroatoms. The van der Waals surface area contributed by atoms with Gasteiger partial charge in [0.2, 0.25) is 5.03 Å². The highest BCUT2D eigenvalue weighted by Crippen LogP contribution is 2.17. The van der Waals surface area contributed by atoms with Crippen LogP contribution in [0, 0.1) is 17.7 Å². The van der Waals surface area contributed by atoms with Gasteiger partial charge in [0.1, 0.15) is 6.61 Å². The molecular formula is C13H11FN2O3S2. The zero-order valence-electron chi connectivity index (χ0n) is 10.7. The largest absolute Gasteiger partial charge is 0.384 e. The lowest BCUT2D eigenvalue weighted by atomic mass is 10.2. The normalized spacial score (nSPS) is 11.0. The van der Waals surface area contributed by atoms with Crippen molar-refractivity contribution in [3.63, 3.8) is 0 Å². The van der Waals surface area contributed by atoms with Gasteiger partial charge in [-0.25, -0.2) is 22.5 Å². The second-order valence-corrected chi connectivity index (χ2v) is 6.52. The van der Waals surface area contributed by atoms with E-state index in [4.69, 9.17) is 5.11 Å². The summed E-state index contributed by atoms with van der Waals surface area (Å²) in [5.41, 5.74) is 0.623. The van der Waals surface area contributed by atoms with Gasteiger partial charge < -0.3 is 5.11 Å². The van der Waals surface area contributed by atoms with Gasteiger partial charge in [-0.1, -0.05) is 11.8 Å². The molecule has 0 aliphatic heterocycles. The van der Waals surface area contributed by atoms with Gasteiger partial charge in [-0.2, -0.15) is 0 Å². The number of nitrogens with zero attached hydrogens (tertiary/aromatic N) is 1. The zero-order valence-corrected chi connectivity index (χ0v) is 12.3. The van der Waals surface area contributed by atoms with E-state index in [1.165, 1.54) is 23.6 Å². The van der Waals surface area contributed by atoms with Gasteiger partial charge in [0.15, 0.2) is 5.82 Å². The topological polar surface area (TPSA) is 79.3 Å². The molecule has 2 rings (SSSR count). The summed E-state index contributed by atoms with van der Waals surface area (Å²) in [6.07, 6.45) is 1.21. The van der Waals surface area contributed by atoms with E-state index in [0.29, 0.717) is 10.4 Å². The first kappa shape index (κ1) is 15.6. The van der Waals surface area contributed by atoms with Crippen LogP contribution < -0.4 is 4.72 Å². The van der Waals surface area contributed by atoms with Crippen molar-refractivity contribution < 1.29 is 17.9 Å². The highest BCUT2D eigenvalue weighted by Gasteiger charge is 2.20. The van der Waals surface area contributed by atoms with Crippen LogP contribution in [0.25, 0.3) is 0 Å². The summed E-state index contributed by atoms with van der Waals surface area (Å²) in [5, 5.41) is 9.78. The minimum absolute atomic E-state index is 0.0224. The minimum atomic E-state index is -4.03. The van der Waals surface area contributed by atoms with Gasteiger partial charge in [-0.3, -0.25) is 0 Å². The number of aliphatic hydroxyl groups excluding tert-OH is 1. The van der Waals surface area contributed by atoms with Crippen LogP contribution in [0.3, 0.4) is 0 Å². The fourth-order valence-electron chi connectivity index (χ4n) is 1.52. The van der Waals surface area contributed by atoms with Gasteiger partial charge in [-0.15, -0.1) is 11.3 Å². The van der Waals surface area contributed by atoms with Crippen molar-refractivity contribution in [2.75, 3.05) is 6.61 Å². The quantitative estimate of drug-likeness (QED) is 0.825. The highest BCUT2D eigenvalue weighted by atomic mass is 32.2. The van der Waals surface area contributed by atoms with Gasteiger partial charge in [0.25, 0.3) is 10.0 Å². The molecule has 0 saturated heterocycles. The minimum Gasteiger partial charge on any atom is -0.384 e. The van der Waals surface area contributed by atoms with Crippen molar-refractivity contribution in [1.82, 2.24) is 9.71 Å². The van der Waals surface area contributed by atoms with Gasteiger partial charge in [0.05, 0.1) is 0 Å². The lowest BCUT2D eigenvalue weighted by molar-refractivity contribution is 0.350. The average Bonchev–Trinajstić information content (AvgIpc) is 2.91. The first-order valence-corrected chi connectivity index (χ1v) is 8.17. The molecule has 0 unspecified atom stereocenters. The molecule has 21 heavy (non-hydrogen) atoms. The van der Waals surface area contributed by atoms with Crippen molar-refractivity contribution in [2.24, 2.45) is 0 Å². The van der Waals surface area contributed by atoms with E-state index >= 15 is 0 Å². The van der Waals surface area contributed by atoms with E-state index < -0.39 is 20.9 Å². The number of pyridine rings is 1. The van der Waals surface area contributed by atoms with Crippen LogP contribution in [-0.2, 0) is 16.6 Å². The third-order valence-electron chi connectivity index (χ3n) is 2.45. The molecule has 5 nitrogen and oxygen atoms in total. The predicted octanol–water partition coefficient (Wildman–Crippen LogP) is 1.10. The Labute approximate surface area is 125 Å². The number of aromatic nitrogens is 1. The Bertz CT molecular complexity index is 791. The standard InChI is InChI=1S/C13H11FN2O3S2/c14-11-4-1-6-15-13(11)21(18,19)16-9-12-10(3-2-7-17)5-8-20-12/h1,4-6,8,16-17H,7,9H2. The first-order valence-electron chi connectivity index (χ1n) is 5.81. The van der Waals surface area contributed by atoms with Crippen LogP contribution in [-0.4, -0.2) is 25.1 Å². The molecule has 0 atom stereocenters. The maximum absolute atomic E-state index is 13.5. The molecule has 0 radical (unpaired) electrons. The van der Waals surface area contributed by atoms with Crippen LogP contribution in [0.4, 0.5) is 4.39 Å². The third kappa shape index (κ3) is 3.86. The molecular weight excluding hydrogens is 315 g/mol. The van der Waals surface area contributed by atoms with Gasteiger partial charge >= 0.3 is 0 Å². The number of thiophene rings is 1. The number of aliphatic hydroxyl groups is 1. The summed E-state index contributed by atoms with van der Waals surface area (Å²) in [6, 6.07) is 4.07.